The molecular formula is C22H21ClN6O. The molecule has 0 radical (unpaired) electrons. The fraction of sp³-hybridized carbons (Fsp3) is 0.182. The van der Waals surface area contributed by atoms with Gasteiger partial charge in [-0.05, 0) is 30.2 Å². The van der Waals surface area contributed by atoms with E-state index >= 15 is 0 Å². The third-order valence-electron chi connectivity index (χ3n) is 4.46. The molecule has 0 spiro atoms. The maximum absolute atomic E-state index is 12.3. The van der Waals surface area contributed by atoms with E-state index in [4.69, 9.17) is 11.6 Å². The number of nitrogens with one attached hydrogen (secondary N) is 3. The molecule has 3 N–H and O–H groups in total. The predicted octanol–water partition coefficient (Wildman–Crippen LogP) is 4.80. The Labute approximate surface area is 178 Å². The van der Waals surface area contributed by atoms with Crippen LogP contribution in [0.15, 0.2) is 54.6 Å². The van der Waals surface area contributed by atoms with E-state index in [2.05, 4.69) is 30.8 Å². The van der Waals surface area contributed by atoms with E-state index in [0.717, 1.165) is 16.5 Å². The van der Waals surface area contributed by atoms with Gasteiger partial charge in [-0.2, -0.15) is 5.10 Å². The number of aromatic amines is 1. The molecule has 8 heteroatoms. The average molecular weight is 421 g/mol. The summed E-state index contributed by atoms with van der Waals surface area (Å²) in [7, 11) is 0. The maximum atomic E-state index is 12.3. The van der Waals surface area contributed by atoms with Crippen LogP contribution in [0.5, 0.6) is 0 Å². The van der Waals surface area contributed by atoms with Crippen LogP contribution >= 0.6 is 11.6 Å². The molecule has 30 heavy (non-hydrogen) atoms. The fourth-order valence-corrected chi connectivity index (χ4v) is 3.17. The molecule has 4 aromatic rings. The van der Waals surface area contributed by atoms with Gasteiger partial charge in [-0.25, -0.2) is 9.97 Å². The Kier molecular flexibility index (Phi) is 5.63. The fourth-order valence-electron chi connectivity index (χ4n) is 2.95. The summed E-state index contributed by atoms with van der Waals surface area (Å²) < 4.78 is 0. The highest BCUT2D eigenvalue weighted by Crippen LogP contribution is 2.30. The number of para-hydroxylation sites is 1. The van der Waals surface area contributed by atoms with E-state index in [9.17, 15) is 4.79 Å². The monoisotopic (exact) mass is 420 g/mol. The molecule has 0 aliphatic heterocycles. The molecule has 0 bridgehead atoms. The van der Waals surface area contributed by atoms with Gasteiger partial charge in [-0.1, -0.05) is 49.7 Å². The number of hydrogen-bond donors (Lipinski definition) is 3. The van der Waals surface area contributed by atoms with Gasteiger partial charge in [0, 0.05) is 23.6 Å². The van der Waals surface area contributed by atoms with E-state index in [1.165, 1.54) is 0 Å². The lowest BCUT2D eigenvalue weighted by Gasteiger charge is -2.10. The first kappa shape index (κ1) is 19.8. The van der Waals surface area contributed by atoms with Crippen LogP contribution < -0.4 is 10.6 Å². The van der Waals surface area contributed by atoms with Crippen LogP contribution in [0.2, 0.25) is 5.02 Å². The minimum absolute atomic E-state index is 0.200. The molecule has 1 amide bonds. The van der Waals surface area contributed by atoms with Gasteiger partial charge in [-0.15, -0.1) is 0 Å². The molecule has 0 aliphatic carbocycles. The summed E-state index contributed by atoms with van der Waals surface area (Å²) in [6.07, 6.45) is 0. The molecule has 4 rings (SSSR count). The zero-order valence-corrected chi connectivity index (χ0v) is 17.4. The van der Waals surface area contributed by atoms with Crippen LogP contribution in [-0.2, 0) is 0 Å². The number of carbonyl (C=O) groups excluding carboxylic acids is 1. The molecule has 0 fully saturated rings. The second kappa shape index (κ2) is 8.51. The summed E-state index contributed by atoms with van der Waals surface area (Å²) in [6.45, 7) is 4.67. The molecule has 152 valence electrons. The number of anilines is 2. The molecule has 7 nitrogen and oxygen atoms in total. The van der Waals surface area contributed by atoms with E-state index in [0.29, 0.717) is 40.6 Å². The second-order valence-corrected chi connectivity index (χ2v) is 7.70. The van der Waals surface area contributed by atoms with Crippen molar-refractivity contribution in [3.63, 3.8) is 0 Å². The number of rotatable bonds is 6. The van der Waals surface area contributed by atoms with Gasteiger partial charge in [-0.3, -0.25) is 9.89 Å². The minimum Gasteiger partial charge on any atom is -0.350 e. The first-order chi connectivity index (χ1) is 14.5. The van der Waals surface area contributed by atoms with Crippen molar-refractivity contribution in [1.82, 2.24) is 25.5 Å². The molecule has 2 heterocycles. The zero-order chi connectivity index (χ0) is 21.1. The van der Waals surface area contributed by atoms with Crippen molar-refractivity contribution >= 4 is 40.0 Å². The van der Waals surface area contributed by atoms with Crippen molar-refractivity contribution < 1.29 is 4.79 Å². The number of H-pyrrole nitrogens is 1. The summed E-state index contributed by atoms with van der Waals surface area (Å²) >= 11 is 6.35. The van der Waals surface area contributed by atoms with Gasteiger partial charge in [0.05, 0.1) is 10.5 Å². The standard InChI is InChI=1S/C22H21ClN6O/c1-13(2)12-24-22(30)18-11-19(29-28-18)26-21-15-8-4-6-10-17(15)25-20(27-21)14-7-3-5-9-16(14)23/h3-11,13H,12H2,1-2H3,(H,24,30)(H2,25,26,27,28,29). The van der Waals surface area contributed by atoms with Gasteiger partial charge in [0.15, 0.2) is 11.6 Å². The topological polar surface area (TPSA) is 95.6 Å². The number of benzene rings is 2. The lowest BCUT2D eigenvalue weighted by Crippen LogP contribution is -2.27. The van der Waals surface area contributed by atoms with Gasteiger partial charge in [0.25, 0.3) is 5.91 Å². The highest BCUT2D eigenvalue weighted by Gasteiger charge is 2.14. The molecular weight excluding hydrogens is 400 g/mol. The molecule has 0 unspecified atom stereocenters. The molecule has 0 saturated heterocycles. The molecule has 2 aromatic carbocycles. The zero-order valence-electron chi connectivity index (χ0n) is 16.6. The van der Waals surface area contributed by atoms with Gasteiger partial charge < -0.3 is 10.6 Å². The van der Waals surface area contributed by atoms with E-state index in [1.54, 1.807) is 12.1 Å². The summed E-state index contributed by atoms with van der Waals surface area (Å²) in [5, 5.41) is 14.4. The van der Waals surface area contributed by atoms with Gasteiger partial charge in [0.1, 0.15) is 11.5 Å². The Morgan fingerprint density at radius 1 is 1.10 bits per heavy atom. The lowest BCUT2D eigenvalue weighted by atomic mass is 10.2. The quantitative estimate of drug-likeness (QED) is 0.416. The first-order valence-electron chi connectivity index (χ1n) is 9.63. The van der Waals surface area contributed by atoms with E-state index in [1.807, 2.05) is 56.3 Å². The van der Waals surface area contributed by atoms with E-state index < -0.39 is 0 Å². The van der Waals surface area contributed by atoms with Crippen LogP contribution in [-0.4, -0.2) is 32.6 Å². The molecule has 0 atom stereocenters. The third kappa shape index (κ3) is 4.26. The van der Waals surface area contributed by atoms with Crippen LogP contribution in [0.25, 0.3) is 22.3 Å². The van der Waals surface area contributed by atoms with E-state index in [-0.39, 0.29) is 5.91 Å². The Hall–Kier alpha value is -3.45. The maximum Gasteiger partial charge on any atom is 0.269 e. The Bertz CT molecular complexity index is 1200. The van der Waals surface area contributed by atoms with Crippen LogP contribution in [0.4, 0.5) is 11.6 Å². The Morgan fingerprint density at radius 2 is 1.87 bits per heavy atom. The van der Waals surface area contributed by atoms with Crippen molar-refractivity contribution in [1.29, 1.82) is 0 Å². The summed E-state index contributed by atoms with van der Waals surface area (Å²) in [6, 6.07) is 16.8. The first-order valence-corrected chi connectivity index (χ1v) is 10.0. The molecule has 0 aliphatic rings. The molecule has 2 aromatic heterocycles. The summed E-state index contributed by atoms with van der Waals surface area (Å²) in [5.41, 5.74) is 1.89. The number of amides is 1. The largest absolute Gasteiger partial charge is 0.350 e. The number of fused-ring (bicyclic) bond motifs is 1. The SMILES string of the molecule is CC(C)CNC(=O)c1cc(Nc2nc(-c3ccccc3Cl)nc3ccccc23)n[nH]1. The van der Waals surface area contributed by atoms with Gasteiger partial charge >= 0.3 is 0 Å². The number of nitrogens with zero attached hydrogens (tertiary/aromatic N) is 3. The van der Waals surface area contributed by atoms with Crippen molar-refractivity contribution in [2.45, 2.75) is 13.8 Å². The Balaban J connectivity index is 1.68. The number of aromatic nitrogens is 4. The lowest BCUT2D eigenvalue weighted by molar-refractivity contribution is 0.0944. The minimum atomic E-state index is -0.200. The van der Waals surface area contributed by atoms with Crippen LogP contribution in [0.1, 0.15) is 24.3 Å². The summed E-state index contributed by atoms with van der Waals surface area (Å²) in [5.74, 6) is 1.74. The Morgan fingerprint density at radius 3 is 2.67 bits per heavy atom. The normalized spacial score (nSPS) is 11.1. The predicted molar refractivity (Wildman–Crippen MR) is 119 cm³/mol. The highest BCUT2D eigenvalue weighted by atomic mass is 35.5. The smallest absolute Gasteiger partial charge is 0.269 e. The molecule has 0 saturated carbocycles. The summed E-state index contributed by atoms with van der Waals surface area (Å²) in [4.78, 5) is 21.6. The second-order valence-electron chi connectivity index (χ2n) is 7.29. The van der Waals surface area contributed by atoms with Crippen LogP contribution in [0.3, 0.4) is 0 Å². The van der Waals surface area contributed by atoms with Crippen molar-refractivity contribution in [2.24, 2.45) is 5.92 Å². The van der Waals surface area contributed by atoms with Crippen molar-refractivity contribution in [2.75, 3.05) is 11.9 Å². The van der Waals surface area contributed by atoms with Crippen LogP contribution in [0, 0.1) is 5.92 Å². The number of halogens is 1. The van der Waals surface area contributed by atoms with Crippen molar-refractivity contribution in [3.05, 3.63) is 65.3 Å². The highest BCUT2D eigenvalue weighted by molar-refractivity contribution is 6.33. The third-order valence-corrected chi connectivity index (χ3v) is 4.79. The van der Waals surface area contributed by atoms with Crippen molar-refractivity contribution in [3.8, 4) is 11.4 Å². The van der Waals surface area contributed by atoms with Gasteiger partial charge in [0.2, 0.25) is 0 Å². The average Bonchev–Trinajstić information content (AvgIpc) is 3.21. The number of hydrogen-bond acceptors (Lipinski definition) is 5. The number of carbonyl (C=O) groups is 1.